The number of anilines is 2. The number of H-pyrrole nitrogens is 2. The van der Waals surface area contributed by atoms with Gasteiger partial charge < -0.3 is 20.6 Å². The van der Waals surface area contributed by atoms with E-state index in [1.165, 1.54) is 0 Å². The lowest BCUT2D eigenvalue weighted by Crippen LogP contribution is -2.13. The molecule has 0 radical (unpaired) electrons. The fourth-order valence-electron chi connectivity index (χ4n) is 3.60. The molecule has 2 aromatic carbocycles. The van der Waals surface area contributed by atoms with Gasteiger partial charge in [-0.1, -0.05) is 23.7 Å². The Morgan fingerprint density at radius 2 is 1.82 bits per heavy atom. The van der Waals surface area contributed by atoms with Gasteiger partial charge in [-0.3, -0.25) is 14.6 Å². The van der Waals surface area contributed by atoms with Crippen LogP contribution < -0.4 is 16.2 Å². The Morgan fingerprint density at radius 3 is 2.62 bits per heavy atom. The number of carbonyl (C=O) groups excluding carboxylic acids is 1. The molecule has 5 rings (SSSR count). The summed E-state index contributed by atoms with van der Waals surface area (Å²) < 4.78 is 0. The number of aromatic amines is 2. The van der Waals surface area contributed by atoms with Crippen LogP contribution in [0.15, 0.2) is 83.9 Å². The first-order valence-corrected chi connectivity index (χ1v) is 10.9. The van der Waals surface area contributed by atoms with E-state index >= 15 is 0 Å². The lowest BCUT2D eigenvalue weighted by atomic mass is 10.2. The Hall–Kier alpha value is -4.43. The average molecular weight is 471 g/mol. The first kappa shape index (κ1) is 21.4. The first-order valence-electron chi connectivity index (χ1n) is 10.5. The summed E-state index contributed by atoms with van der Waals surface area (Å²) in [5.41, 5.74) is 3.74. The molecule has 0 spiro atoms. The van der Waals surface area contributed by atoms with Crippen LogP contribution in [0.5, 0.6) is 0 Å². The number of hydrogen-bond donors (Lipinski definition) is 4. The van der Waals surface area contributed by atoms with Gasteiger partial charge in [-0.05, 0) is 54.6 Å². The van der Waals surface area contributed by atoms with Gasteiger partial charge in [-0.15, -0.1) is 0 Å². The number of imidazole rings is 1. The standard InChI is InChI=1S/C25H19ClN6O2/c26-16-9-7-15(8-10-16)24(33)31-20-6-3-5-19-22(20)32-23(30-19)21-18(11-13-28-25(21)34)29-14-17-4-1-2-12-27-17/h1-13H,14H2,(H,30,32)(H,31,33)(H2,28,29,34). The number of amides is 1. The number of rotatable bonds is 6. The van der Waals surface area contributed by atoms with Crippen LogP contribution in [-0.4, -0.2) is 25.8 Å². The molecule has 0 fully saturated rings. The molecule has 0 aliphatic rings. The first-order chi connectivity index (χ1) is 16.6. The second kappa shape index (κ2) is 9.21. The molecule has 0 saturated heterocycles. The van der Waals surface area contributed by atoms with Crippen LogP contribution in [0.2, 0.25) is 5.02 Å². The fraction of sp³-hybridized carbons (Fsp3) is 0.0400. The van der Waals surface area contributed by atoms with Crippen LogP contribution in [0.25, 0.3) is 22.4 Å². The van der Waals surface area contributed by atoms with Crippen molar-refractivity contribution >= 4 is 39.9 Å². The number of para-hydroxylation sites is 1. The van der Waals surface area contributed by atoms with E-state index in [4.69, 9.17) is 11.6 Å². The summed E-state index contributed by atoms with van der Waals surface area (Å²) in [7, 11) is 0. The molecule has 8 nitrogen and oxygen atoms in total. The molecular formula is C25H19ClN6O2. The molecule has 4 N–H and O–H groups in total. The van der Waals surface area contributed by atoms with Gasteiger partial charge in [0.2, 0.25) is 0 Å². The van der Waals surface area contributed by atoms with Crippen LogP contribution in [0.4, 0.5) is 11.4 Å². The Kier molecular flexibility index (Phi) is 5.80. The summed E-state index contributed by atoms with van der Waals surface area (Å²) in [6.07, 6.45) is 3.29. The van der Waals surface area contributed by atoms with E-state index in [0.29, 0.717) is 50.9 Å². The van der Waals surface area contributed by atoms with Crippen LogP contribution in [0.3, 0.4) is 0 Å². The largest absolute Gasteiger partial charge is 0.379 e. The van der Waals surface area contributed by atoms with Gasteiger partial charge in [-0.2, -0.15) is 0 Å². The summed E-state index contributed by atoms with van der Waals surface area (Å²) >= 11 is 5.92. The normalized spacial score (nSPS) is 10.9. The van der Waals surface area contributed by atoms with Crippen molar-refractivity contribution in [3.8, 4) is 11.4 Å². The summed E-state index contributed by atoms with van der Waals surface area (Å²) in [5, 5.41) is 6.70. The number of fused-ring (bicyclic) bond motifs is 1. The minimum atomic E-state index is -0.295. The zero-order valence-corrected chi connectivity index (χ0v) is 18.6. The molecule has 168 valence electrons. The number of carbonyl (C=O) groups is 1. The van der Waals surface area contributed by atoms with Crippen LogP contribution >= 0.6 is 11.6 Å². The SMILES string of the molecule is O=C(Nc1cccc2[nH]c(-c3c(NCc4ccccn4)cc[nH]c3=O)nc12)c1ccc(Cl)cc1. The maximum absolute atomic E-state index is 12.8. The highest BCUT2D eigenvalue weighted by Gasteiger charge is 2.17. The van der Waals surface area contributed by atoms with E-state index in [-0.39, 0.29) is 11.5 Å². The smallest absolute Gasteiger partial charge is 0.261 e. The highest BCUT2D eigenvalue weighted by molar-refractivity contribution is 6.30. The molecule has 1 amide bonds. The molecule has 0 bridgehead atoms. The highest BCUT2D eigenvalue weighted by Crippen LogP contribution is 2.28. The summed E-state index contributed by atoms with van der Waals surface area (Å²) in [6.45, 7) is 0.444. The number of nitrogens with one attached hydrogen (secondary N) is 4. The van der Waals surface area contributed by atoms with Crippen LogP contribution in [0, 0.1) is 0 Å². The number of aromatic nitrogens is 4. The second-order valence-corrected chi connectivity index (χ2v) is 7.95. The number of hydrogen-bond acceptors (Lipinski definition) is 5. The molecular weight excluding hydrogens is 452 g/mol. The zero-order valence-electron chi connectivity index (χ0n) is 17.8. The van der Waals surface area contributed by atoms with Crippen molar-refractivity contribution in [2.45, 2.75) is 6.54 Å². The zero-order chi connectivity index (χ0) is 23.5. The van der Waals surface area contributed by atoms with Crippen molar-refractivity contribution in [3.63, 3.8) is 0 Å². The van der Waals surface area contributed by atoms with Crippen molar-refractivity contribution in [2.75, 3.05) is 10.6 Å². The van der Waals surface area contributed by atoms with Crippen molar-refractivity contribution in [1.82, 2.24) is 19.9 Å². The lowest BCUT2D eigenvalue weighted by Gasteiger charge is -2.09. The third-order valence-corrected chi connectivity index (χ3v) is 5.50. The summed E-state index contributed by atoms with van der Waals surface area (Å²) in [6, 6.07) is 19.4. The molecule has 3 heterocycles. The van der Waals surface area contributed by atoms with Crippen LogP contribution in [-0.2, 0) is 6.54 Å². The Bertz CT molecular complexity index is 1530. The van der Waals surface area contributed by atoms with Gasteiger partial charge in [0, 0.05) is 23.0 Å². The number of nitrogens with zero attached hydrogens (tertiary/aromatic N) is 2. The molecule has 3 aromatic heterocycles. The number of benzene rings is 2. The van der Waals surface area contributed by atoms with E-state index in [2.05, 4.69) is 30.6 Å². The Balaban J connectivity index is 1.48. The van der Waals surface area contributed by atoms with Gasteiger partial charge in [0.05, 0.1) is 29.1 Å². The highest BCUT2D eigenvalue weighted by atomic mass is 35.5. The molecule has 34 heavy (non-hydrogen) atoms. The minimum Gasteiger partial charge on any atom is -0.379 e. The van der Waals surface area contributed by atoms with Crippen molar-refractivity contribution < 1.29 is 4.79 Å². The predicted molar refractivity (Wildman–Crippen MR) is 133 cm³/mol. The predicted octanol–water partition coefficient (Wildman–Crippen LogP) is 4.83. The van der Waals surface area contributed by atoms with E-state index in [1.807, 2.05) is 24.3 Å². The molecule has 0 aliphatic carbocycles. The van der Waals surface area contributed by atoms with Crippen molar-refractivity contribution in [3.05, 3.63) is 106 Å². The van der Waals surface area contributed by atoms with E-state index in [9.17, 15) is 9.59 Å². The van der Waals surface area contributed by atoms with Gasteiger partial charge in [-0.25, -0.2) is 4.98 Å². The van der Waals surface area contributed by atoms with Crippen molar-refractivity contribution in [1.29, 1.82) is 0 Å². The average Bonchev–Trinajstić information content (AvgIpc) is 3.28. The fourth-order valence-corrected chi connectivity index (χ4v) is 3.72. The molecule has 0 saturated carbocycles. The Labute approximate surface area is 199 Å². The van der Waals surface area contributed by atoms with E-state index < -0.39 is 0 Å². The second-order valence-electron chi connectivity index (χ2n) is 7.52. The number of pyridine rings is 2. The Morgan fingerprint density at radius 1 is 0.971 bits per heavy atom. The topological polar surface area (TPSA) is 116 Å². The quantitative estimate of drug-likeness (QED) is 0.283. The molecule has 9 heteroatoms. The summed E-state index contributed by atoms with van der Waals surface area (Å²) in [4.78, 5) is 40.3. The maximum atomic E-state index is 12.8. The molecule has 5 aromatic rings. The molecule has 0 unspecified atom stereocenters. The molecule has 0 aliphatic heterocycles. The molecule has 0 atom stereocenters. The van der Waals surface area contributed by atoms with Gasteiger partial charge in [0.15, 0.2) is 0 Å². The summed E-state index contributed by atoms with van der Waals surface area (Å²) in [5.74, 6) is 0.0950. The van der Waals surface area contributed by atoms with Crippen LogP contribution in [0.1, 0.15) is 16.1 Å². The maximum Gasteiger partial charge on any atom is 0.261 e. The van der Waals surface area contributed by atoms with Gasteiger partial charge >= 0.3 is 0 Å². The van der Waals surface area contributed by atoms with E-state index in [1.54, 1.807) is 54.9 Å². The third kappa shape index (κ3) is 4.39. The number of halogens is 1. The van der Waals surface area contributed by atoms with Crippen molar-refractivity contribution in [2.24, 2.45) is 0 Å². The lowest BCUT2D eigenvalue weighted by molar-refractivity contribution is 0.102. The van der Waals surface area contributed by atoms with Gasteiger partial charge in [0.25, 0.3) is 11.5 Å². The van der Waals surface area contributed by atoms with E-state index in [0.717, 1.165) is 5.69 Å². The third-order valence-electron chi connectivity index (χ3n) is 5.25. The minimum absolute atomic E-state index is 0.288. The monoisotopic (exact) mass is 470 g/mol. The van der Waals surface area contributed by atoms with Gasteiger partial charge in [0.1, 0.15) is 16.9 Å².